The Morgan fingerprint density at radius 3 is 1.77 bits per heavy atom. The molecule has 5 nitrogen and oxygen atoms in total. The quantitative estimate of drug-likeness (QED) is 0.382. The van der Waals surface area contributed by atoms with Gasteiger partial charge in [0, 0.05) is 22.1 Å². The number of hydrogen-bond acceptors (Lipinski definition) is 2. The van der Waals surface area contributed by atoms with E-state index in [0.717, 1.165) is 44.8 Å². The highest BCUT2D eigenvalue weighted by Gasteiger charge is 2.04. The lowest BCUT2D eigenvalue weighted by Gasteiger charge is -1.86. The SMILES string of the molecule is [C-]#[N+]c1cc2cc3nc(cc4ccc(cc5nc(cc1[nH]2)C=C5)[nH]4)C=C3. The first-order chi connectivity index (χ1) is 12.7. The smallest absolute Gasteiger partial charge is 0.212 e. The largest absolute Gasteiger partial charge is 0.366 e. The van der Waals surface area contributed by atoms with Crippen LogP contribution in [0.1, 0.15) is 22.8 Å². The number of rotatable bonds is 0. The maximum absolute atomic E-state index is 7.42. The first-order valence-electron chi connectivity index (χ1n) is 8.21. The molecule has 8 bridgehead atoms. The highest BCUT2D eigenvalue weighted by molar-refractivity contribution is 5.84. The van der Waals surface area contributed by atoms with Crippen LogP contribution < -0.4 is 0 Å². The monoisotopic (exact) mass is 335 g/mol. The van der Waals surface area contributed by atoms with Crippen molar-refractivity contribution in [2.24, 2.45) is 0 Å². The van der Waals surface area contributed by atoms with Crippen LogP contribution in [0, 0.1) is 6.57 Å². The van der Waals surface area contributed by atoms with Crippen molar-refractivity contribution in [2.45, 2.75) is 0 Å². The van der Waals surface area contributed by atoms with Crippen LogP contribution >= 0.6 is 0 Å². The Kier molecular flexibility index (Phi) is 3.09. The molecule has 0 aromatic carbocycles. The van der Waals surface area contributed by atoms with Crippen LogP contribution in [0.15, 0.2) is 42.5 Å². The minimum Gasteiger partial charge on any atom is -0.366 e. The van der Waals surface area contributed by atoms with Gasteiger partial charge in [-0.2, -0.15) is 0 Å². The zero-order valence-corrected chi connectivity index (χ0v) is 13.7. The maximum Gasteiger partial charge on any atom is 0.212 e. The normalized spacial score (nSPS) is 12.3. The van der Waals surface area contributed by atoms with E-state index in [1.54, 1.807) is 0 Å². The van der Waals surface area contributed by atoms with E-state index >= 15 is 0 Å². The minimum atomic E-state index is 0.570. The molecule has 26 heavy (non-hydrogen) atoms. The van der Waals surface area contributed by atoms with E-state index in [1.807, 2.05) is 66.8 Å². The van der Waals surface area contributed by atoms with Gasteiger partial charge in [-0.3, -0.25) is 0 Å². The van der Waals surface area contributed by atoms with Crippen molar-refractivity contribution in [2.75, 3.05) is 0 Å². The highest BCUT2D eigenvalue weighted by Crippen LogP contribution is 2.24. The van der Waals surface area contributed by atoms with Crippen LogP contribution in [-0.2, 0) is 0 Å². The van der Waals surface area contributed by atoms with Crippen molar-refractivity contribution in [3.63, 3.8) is 0 Å². The molecule has 122 valence electrons. The summed E-state index contributed by atoms with van der Waals surface area (Å²) in [6, 6.07) is 13.7. The van der Waals surface area contributed by atoms with Crippen LogP contribution in [0.4, 0.5) is 5.69 Å². The lowest BCUT2D eigenvalue weighted by Crippen LogP contribution is -1.75. The summed E-state index contributed by atoms with van der Waals surface area (Å²) in [6.45, 7) is 7.42. The Labute approximate surface area is 149 Å². The third kappa shape index (κ3) is 2.60. The topological polar surface area (TPSA) is 61.7 Å². The molecule has 0 unspecified atom stereocenters. The molecule has 3 aromatic rings. The lowest BCUT2D eigenvalue weighted by atomic mass is 10.3. The van der Waals surface area contributed by atoms with E-state index in [2.05, 4.69) is 24.8 Å². The van der Waals surface area contributed by atoms with E-state index in [-0.39, 0.29) is 0 Å². The van der Waals surface area contributed by atoms with Crippen molar-refractivity contribution in [1.29, 1.82) is 0 Å². The Hall–Kier alpha value is -3.91. The number of hydrogen-bond donors (Lipinski definition) is 2. The second-order valence-corrected chi connectivity index (χ2v) is 6.17. The third-order valence-electron chi connectivity index (χ3n) is 4.27. The van der Waals surface area contributed by atoms with Gasteiger partial charge in [0.15, 0.2) is 0 Å². The fraction of sp³-hybridized carbons (Fsp3) is 0. The number of nitrogens with one attached hydrogen (secondary N) is 2. The van der Waals surface area contributed by atoms with Crippen LogP contribution in [-0.4, -0.2) is 19.9 Å². The summed E-state index contributed by atoms with van der Waals surface area (Å²) in [5.74, 6) is 0. The molecule has 2 aliphatic heterocycles. The standard InChI is InChI=1S/C21H13N5/c1-22-20-12-19-10-17-5-4-15(24-17)8-13-2-3-14(23-13)9-16-6-7-18(25-16)11-21(20)26-19/h2-12,23,26H. The Morgan fingerprint density at radius 1 is 0.654 bits per heavy atom. The van der Waals surface area contributed by atoms with E-state index in [4.69, 9.17) is 6.57 Å². The summed E-state index contributed by atoms with van der Waals surface area (Å²) in [6.07, 6.45) is 7.85. The fourth-order valence-electron chi connectivity index (χ4n) is 3.10. The molecular formula is C21H13N5. The first kappa shape index (κ1) is 14.4. The summed E-state index contributed by atoms with van der Waals surface area (Å²) in [5.41, 5.74) is 7.55. The van der Waals surface area contributed by atoms with E-state index in [1.165, 1.54) is 0 Å². The Balaban J connectivity index is 1.88. The highest BCUT2D eigenvalue weighted by atomic mass is 14.8. The summed E-state index contributed by atoms with van der Waals surface area (Å²) in [5, 5.41) is 0. The molecule has 0 fully saturated rings. The Morgan fingerprint density at radius 2 is 1.19 bits per heavy atom. The number of aromatic nitrogens is 4. The molecule has 3 aromatic heterocycles. The van der Waals surface area contributed by atoms with Gasteiger partial charge in [-0.1, -0.05) is 0 Å². The summed E-state index contributed by atoms with van der Waals surface area (Å²) in [7, 11) is 0. The molecule has 0 saturated heterocycles. The molecule has 5 heterocycles. The second-order valence-electron chi connectivity index (χ2n) is 6.17. The zero-order chi connectivity index (χ0) is 17.5. The van der Waals surface area contributed by atoms with Gasteiger partial charge in [-0.05, 0) is 66.8 Å². The minimum absolute atomic E-state index is 0.570. The number of H-pyrrole nitrogens is 2. The lowest BCUT2D eigenvalue weighted by molar-refractivity contribution is 1.31. The Bertz CT molecular complexity index is 1300. The predicted octanol–water partition coefficient (Wildman–Crippen LogP) is 5.21. The fourth-order valence-corrected chi connectivity index (χ4v) is 3.10. The average Bonchev–Trinajstić information content (AvgIpc) is 3.39. The van der Waals surface area contributed by atoms with Crippen molar-refractivity contribution in [3.8, 4) is 0 Å². The van der Waals surface area contributed by atoms with E-state index < -0.39 is 0 Å². The van der Waals surface area contributed by atoms with Crippen molar-refractivity contribution in [3.05, 3.63) is 76.7 Å². The zero-order valence-electron chi connectivity index (χ0n) is 13.7. The van der Waals surface area contributed by atoms with Gasteiger partial charge < -0.3 is 9.97 Å². The van der Waals surface area contributed by atoms with Crippen LogP contribution in [0.2, 0.25) is 0 Å². The van der Waals surface area contributed by atoms with Crippen molar-refractivity contribution < 1.29 is 0 Å². The van der Waals surface area contributed by atoms with Gasteiger partial charge in [0.2, 0.25) is 5.69 Å². The van der Waals surface area contributed by atoms with Crippen molar-refractivity contribution >= 4 is 52.1 Å². The molecule has 0 atom stereocenters. The molecular weight excluding hydrogens is 322 g/mol. The molecule has 2 N–H and O–H groups in total. The van der Waals surface area contributed by atoms with Crippen LogP contribution in [0.5, 0.6) is 0 Å². The number of aromatic amines is 2. The first-order valence-corrected chi connectivity index (χ1v) is 8.21. The second kappa shape index (κ2) is 5.57. The van der Waals surface area contributed by atoms with E-state index in [9.17, 15) is 0 Å². The molecule has 2 aliphatic rings. The van der Waals surface area contributed by atoms with Gasteiger partial charge in [-0.15, -0.1) is 0 Å². The van der Waals surface area contributed by atoms with Crippen LogP contribution in [0.25, 0.3) is 51.2 Å². The summed E-state index contributed by atoms with van der Waals surface area (Å²) in [4.78, 5) is 19.5. The van der Waals surface area contributed by atoms with Crippen molar-refractivity contribution in [1.82, 2.24) is 19.9 Å². The summed E-state index contributed by atoms with van der Waals surface area (Å²) < 4.78 is 0. The molecule has 0 spiro atoms. The third-order valence-corrected chi connectivity index (χ3v) is 4.27. The molecule has 0 aliphatic carbocycles. The molecule has 0 amide bonds. The number of fused-ring (bicyclic) bond motifs is 8. The van der Waals surface area contributed by atoms with Gasteiger partial charge in [0.05, 0.1) is 29.3 Å². The molecule has 0 saturated carbocycles. The molecule has 0 radical (unpaired) electrons. The maximum atomic E-state index is 7.42. The van der Waals surface area contributed by atoms with E-state index in [0.29, 0.717) is 5.69 Å². The van der Waals surface area contributed by atoms with Gasteiger partial charge >= 0.3 is 0 Å². The molecule has 5 rings (SSSR count). The average molecular weight is 335 g/mol. The summed E-state index contributed by atoms with van der Waals surface area (Å²) >= 11 is 0. The molecule has 5 heteroatoms. The van der Waals surface area contributed by atoms with Gasteiger partial charge in [0.25, 0.3) is 0 Å². The van der Waals surface area contributed by atoms with Gasteiger partial charge in [-0.25, -0.2) is 14.8 Å². The number of nitrogens with zero attached hydrogens (tertiary/aromatic N) is 3. The van der Waals surface area contributed by atoms with Crippen LogP contribution in [0.3, 0.4) is 0 Å². The predicted molar refractivity (Wildman–Crippen MR) is 105 cm³/mol. The van der Waals surface area contributed by atoms with Gasteiger partial charge in [0.1, 0.15) is 0 Å².